The number of rotatable bonds is 2. The molecule has 0 aliphatic rings. The van der Waals surface area contributed by atoms with Crippen LogP contribution in [0.4, 0.5) is 5.69 Å². The largest absolute Gasteiger partial charge is 0.321 e. The average molecular weight is 300 g/mol. The molecule has 1 aromatic heterocycles. The number of halogens is 2. The van der Waals surface area contributed by atoms with E-state index in [0.29, 0.717) is 20.6 Å². The smallest absolute Gasteiger partial charge is 0.265 e. The summed E-state index contributed by atoms with van der Waals surface area (Å²) in [4.78, 5) is 13.8. The standard InChI is InChI=1S/C13H11Cl2NOS/c1-7-5-12(18-8(7)2)13(17)16-9-3-4-10(14)11(15)6-9/h3-6H,1-2H3,(H,16,17). The number of carbonyl (C=O) groups excluding carboxylic acids is 1. The minimum Gasteiger partial charge on any atom is -0.321 e. The van der Waals surface area contributed by atoms with Gasteiger partial charge < -0.3 is 5.32 Å². The molecule has 0 aliphatic heterocycles. The van der Waals surface area contributed by atoms with E-state index in [9.17, 15) is 4.79 Å². The molecule has 0 aliphatic carbocycles. The molecule has 2 rings (SSSR count). The molecule has 0 atom stereocenters. The lowest BCUT2D eigenvalue weighted by molar-refractivity contribution is 0.103. The van der Waals surface area contributed by atoms with Gasteiger partial charge in [0.15, 0.2) is 0 Å². The molecular weight excluding hydrogens is 289 g/mol. The van der Waals surface area contributed by atoms with Crippen LogP contribution < -0.4 is 5.32 Å². The van der Waals surface area contributed by atoms with E-state index in [4.69, 9.17) is 23.2 Å². The summed E-state index contributed by atoms with van der Waals surface area (Å²) in [6.07, 6.45) is 0. The third-order valence-electron chi connectivity index (χ3n) is 2.57. The first-order valence-corrected chi connectivity index (χ1v) is 6.88. The minimum absolute atomic E-state index is 0.130. The summed E-state index contributed by atoms with van der Waals surface area (Å²) in [6.45, 7) is 3.98. The highest BCUT2D eigenvalue weighted by molar-refractivity contribution is 7.14. The molecule has 0 saturated heterocycles. The SMILES string of the molecule is Cc1cc(C(=O)Nc2ccc(Cl)c(Cl)c2)sc1C. The van der Waals surface area contributed by atoms with Gasteiger partial charge in [-0.1, -0.05) is 23.2 Å². The highest BCUT2D eigenvalue weighted by Gasteiger charge is 2.11. The van der Waals surface area contributed by atoms with Crippen LogP contribution in [-0.4, -0.2) is 5.91 Å². The van der Waals surface area contributed by atoms with Crippen LogP contribution in [0, 0.1) is 13.8 Å². The Bertz CT molecular complexity index is 588. The van der Waals surface area contributed by atoms with Crippen molar-refractivity contribution in [1.82, 2.24) is 0 Å². The molecule has 94 valence electrons. The van der Waals surface area contributed by atoms with Gasteiger partial charge in [-0.25, -0.2) is 0 Å². The van der Waals surface area contributed by atoms with E-state index in [1.165, 1.54) is 11.3 Å². The molecule has 2 aromatic rings. The van der Waals surface area contributed by atoms with Gasteiger partial charge in [-0.05, 0) is 43.7 Å². The van der Waals surface area contributed by atoms with Crippen molar-refractivity contribution in [2.24, 2.45) is 0 Å². The van der Waals surface area contributed by atoms with Crippen LogP contribution in [0.15, 0.2) is 24.3 Å². The topological polar surface area (TPSA) is 29.1 Å². The van der Waals surface area contributed by atoms with Crippen LogP contribution in [0.3, 0.4) is 0 Å². The van der Waals surface area contributed by atoms with E-state index in [1.54, 1.807) is 18.2 Å². The number of anilines is 1. The summed E-state index contributed by atoms with van der Waals surface area (Å²) < 4.78 is 0. The van der Waals surface area contributed by atoms with E-state index in [0.717, 1.165) is 10.4 Å². The summed E-state index contributed by atoms with van der Waals surface area (Å²) in [5, 5.41) is 3.69. The summed E-state index contributed by atoms with van der Waals surface area (Å²) in [5.74, 6) is -0.130. The summed E-state index contributed by atoms with van der Waals surface area (Å²) in [5.41, 5.74) is 1.76. The predicted octanol–water partition coefficient (Wildman–Crippen LogP) is 4.92. The molecule has 0 spiro atoms. The Hall–Kier alpha value is -1.03. The highest BCUT2D eigenvalue weighted by atomic mass is 35.5. The molecule has 0 fully saturated rings. The van der Waals surface area contributed by atoms with Crippen molar-refractivity contribution in [2.75, 3.05) is 5.32 Å². The van der Waals surface area contributed by atoms with Crippen molar-refractivity contribution >= 4 is 46.1 Å². The molecule has 18 heavy (non-hydrogen) atoms. The second-order valence-electron chi connectivity index (χ2n) is 3.93. The number of hydrogen-bond acceptors (Lipinski definition) is 2. The predicted molar refractivity (Wildman–Crippen MR) is 78.2 cm³/mol. The fraction of sp³-hybridized carbons (Fsp3) is 0.154. The Kier molecular flexibility index (Phi) is 3.95. The first kappa shape index (κ1) is 13.4. The first-order chi connectivity index (χ1) is 8.47. The second kappa shape index (κ2) is 5.31. The summed E-state index contributed by atoms with van der Waals surface area (Å²) in [7, 11) is 0. The number of carbonyl (C=O) groups is 1. The van der Waals surface area contributed by atoms with Gasteiger partial charge in [-0.15, -0.1) is 11.3 Å². The molecule has 1 amide bonds. The lowest BCUT2D eigenvalue weighted by Gasteiger charge is -2.04. The van der Waals surface area contributed by atoms with Gasteiger partial charge in [0.25, 0.3) is 5.91 Å². The Morgan fingerprint density at radius 3 is 2.44 bits per heavy atom. The van der Waals surface area contributed by atoms with Crippen LogP contribution in [0.2, 0.25) is 10.0 Å². The molecule has 1 heterocycles. The van der Waals surface area contributed by atoms with Crippen LogP contribution >= 0.6 is 34.5 Å². The zero-order chi connectivity index (χ0) is 13.3. The highest BCUT2D eigenvalue weighted by Crippen LogP contribution is 2.26. The van der Waals surface area contributed by atoms with Crippen molar-refractivity contribution < 1.29 is 4.79 Å². The molecule has 0 radical (unpaired) electrons. The van der Waals surface area contributed by atoms with E-state index >= 15 is 0 Å². The number of thiophene rings is 1. The Morgan fingerprint density at radius 2 is 1.89 bits per heavy atom. The zero-order valence-corrected chi connectivity index (χ0v) is 12.2. The number of benzene rings is 1. The molecule has 0 unspecified atom stereocenters. The number of aryl methyl sites for hydroxylation is 2. The summed E-state index contributed by atoms with van der Waals surface area (Å²) >= 11 is 13.2. The lowest BCUT2D eigenvalue weighted by atomic mass is 10.2. The van der Waals surface area contributed by atoms with Gasteiger partial charge in [0, 0.05) is 10.6 Å². The fourth-order valence-corrected chi connectivity index (χ4v) is 2.68. The van der Waals surface area contributed by atoms with Crippen molar-refractivity contribution in [3.63, 3.8) is 0 Å². The molecular formula is C13H11Cl2NOS. The molecule has 5 heteroatoms. The third kappa shape index (κ3) is 2.86. The zero-order valence-electron chi connectivity index (χ0n) is 9.88. The van der Waals surface area contributed by atoms with Crippen LogP contribution in [-0.2, 0) is 0 Å². The first-order valence-electron chi connectivity index (χ1n) is 5.31. The summed E-state index contributed by atoms with van der Waals surface area (Å²) in [6, 6.07) is 6.89. The third-order valence-corrected chi connectivity index (χ3v) is 4.46. The second-order valence-corrected chi connectivity index (χ2v) is 6.00. The maximum Gasteiger partial charge on any atom is 0.265 e. The van der Waals surface area contributed by atoms with Crippen LogP contribution in [0.1, 0.15) is 20.1 Å². The number of nitrogens with one attached hydrogen (secondary N) is 1. The molecule has 1 N–H and O–H groups in total. The fourth-order valence-electron chi connectivity index (χ4n) is 1.45. The minimum atomic E-state index is -0.130. The molecule has 2 nitrogen and oxygen atoms in total. The van der Waals surface area contributed by atoms with Gasteiger partial charge in [0.2, 0.25) is 0 Å². The Morgan fingerprint density at radius 1 is 1.17 bits per heavy atom. The number of amides is 1. The van der Waals surface area contributed by atoms with Crippen LogP contribution in [0.25, 0.3) is 0 Å². The van der Waals surface area contributed by atoms with E-state index < -0.39 is 0 Å². The molecule has 0 bridgehead atoms. The van der Waals surface area contributed by atoms with Crippen molar-refractivity contribution in [2.45, 2.75) is 13.8 Å². The van der Waals surface area contributed by atoms with Gasteiger partial charge in [0.1, 0.15) is 0 Å². The quantitative estimate of drug-likeness (QED) is 0.837. The maximum absolute atomic E-state index is 12.0. The van der Waals surface area contributed by atoms with Gasteiger partial charge in [-0.2, -0.15) is 0 Å². The number of hydrogen-bond donors (Lipinski definition) is 1. The van der Waals surface area contributed by atoms with Crippen molar-refractivity contribution in [1.29, 1.82) is 0 Å². The van der Waals surface area contributed by atoms with E-state index in [1.807, 2.05) is 19.9 Å². The Labute approximate surface area is 120 Å². The molecule has 1 aromatic carbocycles. The van der Waals surface area contributed by atoms with Crippen LogP contribution in [0.5, 0.6) is 0 Å². The maximum atomic E-state index is 12.0. The Balaban J connectivity index is 2.18. The molecule has 0 saturated carbocycles. The van der Waals surface area contributed by atoms with Gasteiger partial charge >= 0.3 is 0 Å². The van der Waals surface area contributed by atoms with Gasteiger partial charge in [0.05, 0.1) is 14.9 Å². The van der Waals surface area contributed by atoms with E-state index in [2.05, 4.69) is 5.32 Å². The van der Waals surface area contributed by atoms with Crippen molar-refractivity contribution in [3.8, 4) is 0 Å². The van der Waals surface area contributed by atoms with Crippen molar-refractivity contribution in [3.05, 3.63) is 49.6 Å². The van der Waals surface area contributed by atoms with Gasteiger partial charge in [-0.3, -0.25) is 4.79 Å². The average Bonchev–Trinajstić information content (AvgIpc) is 2.65. The van der Waals surface area contributed by atoms with E-state index in [-0.39, 0.29) is 5.91 Å². The lowest BCUT2D eigenvalue weighted by Crippen LogP contribution is -2.09. The normalized spacial score (nSPS) is 10.4. The monoisotopic (exact) mass is 299 g/mol.